The van der Waals surface area contributed by atoms with Gasteiger partial charge in [-0.2, -0.15) is 0 Å². The van der Waals surface area contributed by atoms with E-state index in [9.17, 15) is 0 Å². The maximum atomic E-state index is 5.87. The van der Waals surface area contributed by atoms with Crippen LogP contribution in [0.1, 0.15) is 5.56 Å². The summed E-state index contributed by atoms with van der Waals surface area (Å²) in [5, 5.41) is 2.73. The van der Waals surface area contributed by atoms with Crippen LogP contribution in [0.2, 0.25) is 5.02 Å². The molecule has 15 heavy (non-hydrogen) atoms. The molecule has 78 valence electrons. The van der Waals surface area contributed by atoms with E-state index in [1.54, 1.807) is 6.07 Å². The molecule has 0 radical (unpaired) electrons. The van der Waals surface area contributed by atoms with Gasteiger partial charge in [0.1, 0.15) is 0 Å². The number of alkyl halides is 3. The van der Waals surface area contributed by atoms with Gasteiger partial charge in [-0.15, -0.1) is 0 Å². The van der Waals surface area contributed by atoms with Gasteiger partial charge in [0.15, 0.2) is 0 Å². The predicted octanol–water partition coefficient (Wildman–Crippen LogP) is 5.32. The van der Waals surface area contributed by atoms with Crippen molar-refractivity contribution in [2.75, 3.05) is 0 Å². The third-order valence-corrected chi connectivity index (χ3v) is 3.02. The number of halogens is 4. The highest BCUT2D eigenvalue weighted by Gasteiger charge is 2.22. The molecule has 0 aliphatic heterocycles. The molecule has 0 unspecified atom stereocenters. The quantitative estimate of drug-likeness (QED) is 0.573. The van der Waals surface area contributed by atoms with Crippen molar-refractivity contribution < 1.29 is 0 Å². The number of hydrogen-bond acceptors (Lipinski definition) is 0. The lowest BCUT2D eigenvalue weighted by molar-refractivity contribution is 1.25. The summed E-state index contributed by atoms with van der Waals surface area (Å²) in [5.41, 5.74) is 0.655. The average molecular weight is 280 g/mol. The molecular formula is C11H6Cl4. The second-order valence-electron chi connectivity index (χ2n) is 3.20. The molecule has 0 fully saturated rings. The van der Waals surface area contributed by atoms with Crippen molar-refractivity contribution in [3.63, 3.8) is 0 Å². The molecule has 0 heterocycles. The summed E-state index contributed by atoms with van der Waals surface area (Å²) in [4.78, 5) is 0. The molecule has 0 N–H and O–H groups in total. The van der Waals surface area contributed by atoms with Crippen molar-refractivity contribution in [1.29, 1.82) is 0 Å². The van der Waals surface area contributed by atoms with Crippen LogP contribution in [0.4, 0.5) is 0 Å². The maximum absolute atomic E-state index is 5.87. The topological polar surface area (TPSA) is 0 Å². The van der Waals surface area contributed by atoms with Crippen LogP contribution in [-0.4, -0.2) is 0 Å². The normalized spacial score (nSPS) is 12.0. The zero-order valence-electron chi connectivity index (χ0n) is 7.48. The van der Waals surface area contributed by atoms with E-state index < -0.39 is 3.79 Å². The van der Waals surface area contributed by atoms with Gasteiger partial charge in [0.05, 0.1) is 0 Å². The van der Waals surface area contributed by atoms with E-state index in [2.05, 4.69) is 0 Å². The lowest BCUT2D eigenvalue weighted by Crippen LogP contribution is -1.99. The molecule has 0 saturated carbocycles. The van der Waals surface area contributed by atoms with Crippen molar-refractivity contribution in [3.8, 4) is 0 Å². The Kier molecular flexibility index (Phi) is 3.05. The van der Waals surface area contributed by atoms with Gasteiger partial charge in [-0.3, -0.25) is 0 Å². The van der Waals surface area contributed by atoms with Crippen LogP contribution in [0.5, 0.6) is 0 Å². The van der Waals surface area contributed by atoms with Crippen LogP contribution in [0.25, 0.3) is 10.8 Å². The zero-order valence-corrected chi connectivity index (χ0v) is 10.5. The maximum Gasteiger partial charge on any atom is 0.216 e. The molecule has 0 nitrogen and oxygen atoms in total. The summed E-state index contributed by atoms with van der Waals surface area (Å²) in [7, 11) is 0. The number of fused-ring (bicyclic) bond motifs is 1. The third-order valence-electron chi connectivity index (χ3n) is 2.13. The van der Waals surface area contributed by atoms with Gasteiger partial charge >= 0.3 is 0 Å². The number of hydrogen-bond donors (Lipinski definition) is 0. The van der Waals surface area contributed by atoms with Crippen LogP contribution < -0.4 is 0 Å². The first-order chi connectivity index (χ1) is 6.97. The Labute approximate surface area is 108 Å². The van der Waals surface area contributed by atoms with Gasteiger partial charge in [-0.1, -0.05) is 64.6 Å². The second-order valence-corrected chi connectivity index (χ2v) is 5.92. The van der Waals surface area contributed by atoms with Crippen molar-refractivity contribution in [3.05, 3.63) is 47.0 Å². The molecule has 0 saturated heterocycles. The first-order valence-electron chi connectivity index (χ1n) is 4.23. The molecule has 0 atom stereocenters. The first-order valence-corrected chi connectivity index (χ1v) is 5.74. The van der Waals surface area contributed by atoms with Crippen LogP contribution >= 0.6 is 46.4 Å². The van der Waals surface area contributed by atoms with Gasteiger partial charge < -0.3 is 0 Å². The first kappa shape index (κ1) is 11.3. The lowest BCUT2D eigenvalue weighted by atomic mass is 10.1. The van der Waals surface area contributed by atoms with E-state index in [0.29, 0.717) is 10.6 Å². The van der Waals surface area contributed by atoms with Gasteiger partial charge in [-0.05, 0) is 29.0 Å². The Morgan fingerprint density at radius 1 is 0.800 bits per heavy atom. The molecule has 4 heteroatoms. The predicted molar refractivity (Wildman–Crippen MR) is 68.2 cm³/mol. The van der Waals surface area contributed by atoms with E-state index in [4.69, 9.17) is 46.4 Å². The van der Waals surface area contributed by atoms with Gasteiger partial charge in [0, 0.05) is 10.6 Å². The minimum Gasteiger partial charge on any atom is -0.0843 e. The third kappa shape index (κ3) is 2.51. The minimum atomic E-state index is -1.38. The van der Waals surface area contributed by atoms with E-state index in [1.165, 1.54) is 0 Å². The Morgan fingerprint density at radius 3 is 2.07 bits per heavy atom. The van der Waals surface area contributed by atoms with E-state index in [1.807, 2.05) is 30.3 Å². The fourth-order valence-electron chi connectivity index (χ4n) is 1.39. The van der Waals surface area contributed by atoms with Crippen molar-refractivity contribution in [1.82, 2.24) is 0 Å². The standard InChI is InChI=1S/C11H6Cl4/c12-10-4-2-7-5-9(11(13,14)15)3-1-8(7)6-10/h1-6H. The van der Waals surface area contributed by atoms with Crippen molar-refractivity contribution in [2.45, 2.75) is 3.79 Å². The summed E-state index contributed by atoms with van der Waals surface area (Å²) in [6.45, 7) is 0. The molecule has 0 bridgehead atoms. The largest absolute Gasteiger partial charge is 0.216 e. The van der Waals surface area contributed by atoms with E-state index in [0.717, 1.165) is 10.8 Å². The SMILES string of the molecule is Clc1ccc2cc(C(Cl)(Cl)Cl)ccc2c1. The van der Waals surface area contributed by atoms with Gasteiger partial charge in [-0.25, -0.2) is 0 Å². The summed E-state index contributed by atoms with van der Waals surface area (Å²) >= 11 is 23.3. The van der Waals surface area contributed by atoms with Crippen LogP contribution in [0.15, 0.2) is 36.4 Å². The number of rotatable bonds is 0. The van der Waals surface area contributed by atoms with Gasteiger partial charge in [0.2, 0.25) is 3.79 Å². The average Bonchev–Trinajstić information content (AvgIpc) is 2.15. The highest BCUT2D eigenvalue weighted by atomic mass is 35.6. The molecule has 2 aromatic carbocycles. The fourth-order valence-corrected chi connectivity index (χ4v) is 1.93. The highest BCUT2D eigenvalue weighted by molar-refractivity contribution is 6.66. The Bertz CT molecular complexity index is 499. The highest BCUT2D eigenvalue weighted by Crippen LogP contribution is 2.39. The molecule has 0 amide bonds. The molecule has 0 aromatic heterocycles. The summed E-state index contributed by atoms with van der Waals surface area (Å²) in [6.07, 6.45) is 0. The lowest BCUT2D eigenvalue weighted by Gasteiger charge is -2.11. The number of benzene rings is 2. The molecule has 2 rings (SSSR count). The minimum absolute atomic E-state index is 0.655. The monoisotopic (exact) mass is 278 g/mol. The summed E-state index contributed by atoms with van der Waals surface area (Å²) < 4.78 is -1.38. The zero-order chi connectivity index (χ0) is 11.1. The Morgan fingerprint density at radius 2 is 1.40 bits per heavy atom. The van der Waals surface area contributed by atoms with Crippen LogP contribution in [0, 0.1) is 0 Å². The van der Waals surface area contributed by atoms with E-state index in [-0.39, 0.29) is 0 Å². The van der Waals surface area contributed by atoms with Gasteiger partial charge in [0.25, 0.3) is 0 Å². The fraction of sp³-hybridized carbons (Fsp3) is 0.0909. The second kappa shape index (κ2) is 4.03. The van der Waals surface area contributed by atoms with Crippen molar-refractivity contribution >= 4 is 57.2 Å². The molecule has 0 aliphatic rings. The van der Waals surface area contributed by atoms with Crippen molar-refractivity contribution in [2.24, 2.45) is 0 Å². The molecule has 0 spiro atoms. The summed E-state index contributed by atoms with van der Waals surface area (Å²) in [5.74, 6) is 0. The van der Waals surface area contributed by atoms with E-state index >= 15 is 0 Å². The van der Waals surface area contributed by atoms with Crippen LogP contribution in [0.3, 0.4) is 0 Å². The molecular weight excluding hydrogens is 274 g/mol. The molecule has 0 aliphatic carbocycles. The molecule has 2 aromatic rings. The smallest absolute Gasteiger partial charge is 0.0843 e. The van der Waals surface area contributed by atoms with Crippen LogP contribution in [-0.2, 0) is 3.79 Å². The Balaban J connectivity index is 2.62. The Hall–Kier alpha value is -0.140. The summed E-state index contributed by atoms with van der Waals surface area (Å²) in [6, 6.07) is 11.1.